The van der Waals surface area contributed by atoms with Gasteiger partial charge >= 0.3 is 0 Å². The van der Waals surface area contributed by atoms with Gasteiger partial charge in [0.05, 0.1) is 25.0 Å². The molecule has 6 heteroatoms. The number of methoxy groups -OCH3 is 1. The van der Waals surface area contributed by atoms with Gasteiger partial charge in [-0.05, 0) is 50.5 Å². The van der Waals surface area contributed by atoms with Gasteiger partial charge in [0.1, 0.15) is 13.2 Å². The lowest BCUT2D eigenvalue weighted by Crippen LogP contribution is -2.00. The average Bonchev–Trinajstić information content (AvgIpc) is 2.86. The summed E-state index contributed by atoms with van der Waals surface area (Å²) in [5, 5.41) is 15.6. The summed E-state index contributed by atoms with van der Waals surface area (Å²) in [6.07, 6.45) is 1.59. The second-order valence-electron chi connectivity index (χ2n) is 7.23. The monoisotopic (exact) mass is 500 g/mol. The molecule has 0 atom stereocenters. The fraction of sp³-hybridized carbons (Fsp3) is 0.111. The molecule has 0 heterocycles. The molecule has 0 radical (unpaired) electrons. The van der Waals surface area contributed by atoms with E-state index in [1.54, 1.807) is 19.4 Å². The molecular formula is C27H21BrN2O3. The Kier molecular flexibility index (Phi) is 7.23. The zero-order valence-electron chi connectivity index (χ0n) is 18.0. The van der Waals surface area contributed by atoms with E-state index < -0.39 is 0 Å². The molecular weight excluding hydrogens is 480 g/mol. The van der Waals surface area contributed by atoms with Gasteiger partial charge in [0.2, 0.25) is 0 Å². The number of nitrogens with zero attached hydrogens (tertiary/aromatic N) is 2. The molecule has 164 valence electrons. The largest absolute Gasteiger partial charge is 0.493 e. The van der Waals surface area contributed by atoms with Crippen molar-refractivity contribution in [1.29, 1.82) is 5.26 Å². The molecule has 4 rings (SSSR count). The summed E-state index contributed by atoms with van der Waals surface area (Å²) in [6.45, 7) is 0.625. The summed E-state index contributed by atoms with van der Waals surface area (Å²) in [4.78, 5) is 5.40. The molecule has 0 unspecified atom stereocenters. The second-order valence-corrected chi connectivity index (χ2v) is 8.08. The van der Waals surface area contributed by atoms with E-state index in [0.29, 0.717) is 23.7 Å². The molecule has 0 amide bonds. The Hall–Kier alpha value is -3.82. The van der Waals surface area contributed by atoms with E-state index in [1.807, 2.05) is 48.5 Å². The molecule has 0 aliphatic heterocycles. The molecule has 0 saturated heterocycles. The Bertz CT molecular complexity index is 1340. The van der Waals surface area contributed by atoms with Crippen LogP contribution in [0.25, 0.3) is 10.8 Å². The van der Waals surface area contributed by atoms with Crippen molar-refractivity contribution >= 4 is 32.9 Å². The summed E-state index contributed by atoms with van der Waals surface area (Å²) in [7, 11) is 1.60. The Morgan fingerprint density at radius 1 is 0.909 bits per heavy atom. The fourth-order valence-electron chi connectivity index (χ4n) is 3.45. The maximum Gasteiger partial charge on any atom is 0.162 e. The van der Waals surface area contributed by atoms with Crippen LogP contribution in [-0.4, -0.2) is 13.3 Å². The standard InChI is InChI=1S/C27H21BrN2O3/c1-31-26-13-23(16-30-33-18-21-9-3-2-8-20(21)15-29)25(28)14-27(26)32-17-22-11-6-10-19-7-4-5-12-24(19)22/h2-14,16H,17-18H2,1H3/b30-16-. The molecule has 0 fully saturated rings. The van der Waals surface area contributed by atoms with Crippen LogP contribution in [0.5, 0.6) is 11.5 Å². The lowest BCUT2D eigenvalue weighted by molar-refractivity contribution is 0.132. The summed E-state index contributed by atoms with van der Waals surface area (Å²) in [6, 6.07) is 27.5. The molecule has 0 bridgehead atoms. The SMILES string of the molecule is COc1cc(/C=N\OCc2ccccc2C#N)c(Br)cc1OCc1cccc2ccccc12. The number of halogens is 1. The molecule has 5 nitrogen and oxygen atoms in total. The minimum atomic E-state index is 0.210. The highest BCUT2D eigenvalue weighted by Gasteiger charge is 2.11. The zero-order valence-corrected chi connectivity index (χ0v) is 19.6. The number of oxime groups is 1. The maximum atomic E-state index is 9.17. The topological polar surface area (TPSA) is 63.8 Å². The molecule has 0 aromatic heterocycles. The molecule has 0 spiro atoms. The van der Waals surface area contributed by atoms with Gasteiger partial charge in [-0.25, -0.2) is 0 Å². The molecule has 4 aromatic rings. The van der Waals surface area contributed by atoms with Crippen LogP contribution in [0.4, 0.5) is 0 Å². The van der Waals surface area contributed by atoms with E-state index in [4.69, 9.17) is 19.6 Å². The van der Waals surface area contributed by atoms with Gasteiger partial charge in [0, 0.05) is 15.6 Å². The van der Waals surface area contributed by atoms with Gasteiger partial charge in [-0.2, -0.15) is 5.26 Å². The minimum absolute atomic E-state index is 0.210. The van der Waals surface area contributed by atoms with E-state index in [9.17, 15) is 0 Å². The molecule has 33 heavy (non-hydrogen) atoms. The fourth-order valence-corrected chi connectivity index (χ4v) is 3.88. The Morgan fingerprint density at radius 3 is 2.52 bits per heavy atom. The van der Waals surface area contributed by atoms with Crippen molar-refractivity contribution in [2.75, 3.05) is 7.11 Å². The predicted octanol–water partition coefficient (Wildman–Crippen LogP) is 6.61. The van der Waals surface area contributed by atoms with Crippen molar-refractivity contribution in [3.63, 3.8) is 0 Å². The van der Waals surface area contributed by atoms with Crippen LogP contribution in [0.1, 0.15) is 22.3 Å². The molecule has 0 saturated carbocycles. The first-order valence-electron chi connectivity index (χ1n) is 10.3. The van der Waals surface area contributed by atoms with Gasteiger partial charge < -0.3 is 14.3 Å². The van der Waals surface area contributed by atoms with Crippen molar-refractivity contribution < 1.29 is 14.3 Å². The summed E-state index contributed by atoms with van der Waals surface area (Å²) in [5.41, 5.74) is 3.23. The van der Waals surface area contributed by atoms with Crippen LogP contribution in [-0.2, 0) is 18.1 Å². The van der Waals surface area contributed by atoms with Crippen molar-refractivity contribution in [3.05, 3.63) is 106 Å². The minimum Gasteiger partial charge on any atom is -0.493 e. The molecule has 4 aromatic carbocycles. The third-order valence-corrected chi connectivity index (χ3v) is 5.86. The Balaban J connectivity index is 1.46. The van der Waals surface area contributed by atoms with E-state index in [0.717, 1.165) is 26.5 Å². The number of hydrogen-bond acceptors (Lipinski definition) is 5. The van der Waals surface area contributed by atoms with Crippen LogP contribution in [0, 0.1) is 11.3 Å². The number of hydrogen-bond donors (Lipinski definition) is 0. The van der Waals surface area contributed by atoms with Crippen LogP contribution < -0.4 is 9.47 Å². The van der Waals surface area contributed by atoms with E-state index in [-0.39, 0.29) is 6.61 Å². The first-order valence-corrected chi connectivity index (χ1v) is 11.1. The smallest absolute Gasteiger partial charge is 0.162 e. The lowest BCUT2D eigenvalue weighted by Gasteiger charge is -2.14. The molecule has 0 N–H and O–H groups in total. The number of rotatable bonds is 8. The van der Waals surface area contributed by atoms with Gasteiger partial charge in [-0.15, -0.1) is 0 Å². The predicted molar refractivity (Wildman–Crippen MR) is 133 cm³/mol. The highest BCUT2D eigenvalue weighted by molar-refractivity contribution is 9.10. The highest BCUT2D eigenvalue weighted by Crippen LogP contribution is 2.34. The van der Waals surface area contributed by atoms with E-state index in [2.05, 4.69) is 51.4 Å². The summed E-state index contributed by atoms with van der Waals surface area (Å²) < 4.78 is 12.4. The quantitative estimate of drug-likeness (QED) is 0.201. The lowest BCUT2D eigenvalue weighted by atomic mass is 10.1. The number of nitriles is 1. The Labute approximate surface area is 201 Å². The van der Waals surface area contributed by atoms with Gasteiger partial charge in [-0.3, -0.25) is 0 Å². The number of fused-ring (bicyclic) bond motifs is 1. The summed E-state index contributed by atoms with van der Waals surface area (Å²) >= 11 is 3.57. The number of benzene rings is 4. The van der Waals surface area contributed by atoms with Crippen LogP contribution in [0.2, 0.25) is 0 Å². The van der Waals surface area contributed by atoms with E-state index in [1.165, 1.54) is 5.39 Å². The molecule has 0 aliphatic rings. The second kappa shape index (κ2) is 10.7. The van der Waals surface area contributed by atoms with Crippen LogP contribution in [0.15, 0.2) is 88.5 Å². The third-order valence-electron chi connectivity index (χ3n) is 5.17. The highest BCUT2D eigenvalue weighted by atomic mass is 79.9. The molecule has 0 aliphatic carbocycles. The van der Waals surface area contributed by atoms with Crippen molar-refractivity contribution in [2.45, 2.75) is 13.2 Å². The van der Waals surface area contributed by atoms with E-state index >= 15 is 0 Å². The van der Waals surface area contributed by atoms with Crippen molar-refractivity contribution in [2.24, 2.45) is 5.16 Å². The van der Waals surface area contributed by atoms with Crippen LogP contribution >= 0.6 is 15.9 Å². The normalized spacial score (nSPS) is 10.8. The van der Waals surface area contributed by atoms with Gasteiger partial charge in [-0.1, -0.05) is 65.8 Å². The van der Waals surface area contributed by atoms with Gasteiger partial charge in [0.15, 0.2) is 11.5 Å². The van der Waals surface area contributed by atoms with Gasteiger partial charge in [0.25, 0.3) is 0 Å². The zero-order chi connectivity index (χ0) is 23.0. The van der Waals surface area contributed by atoms with Crippen molar-refractivity contribution in [1.82, 2.24) is 0 Å². The van der Waals surface area contributed by atoms with Crippen LogP contribution in [0.3, 0.4) is 0 Å². The third kappa shape index (κ3) is 5.33. The van der Waals surface area contributed by atoms with Crippen molar-refractivity contribution in [3.8, 4) is 17.6 Å². The first kappa shape index (κ1) is 22.4. The Morgan fingerprint density at radius 2 is 1.67 bits per heavy atom. The average molecular weight is 501 g/mol. The summed E-state index contributed by atoms with van der Waals surface area (Å²) in [5.74, 6) is 1.22. The number of ether oxygens (including phenoxy) is 2. The maximum absolute atomic E-state index is 9.17. The first-order chi connectivity index (χ1) is 16.2.